The largest absolute Gasteiger partial charge is 0.351 e. The number of sulfonamides is 1. The standard InChI is InChI=1S/C24H26N2O3S/c1-17-8-7-11-22(14-17)26-30(28,29)23-15-21(13-12-18(23)2)24(27)25-16-19(3)20-9-5-4-6-10-20/h4-15,19,26H,16H2,1-3H3,(H,25,27)/t19-/m1/s1. The third-order valence-electron chi connectivity index (χ3n) is 4.95. The molecule has 3 rings (SSSR count). The molecule has 0 saturated heterocycles. The van der Waals surface area contributed by atoms with Crippen LogP contribution in [0.3, 0.4) is 0 Å². The Morgan fingerprint density at radius 2 is 1.67 bits per heavy atom. The number of hydrogen-bond donors (Lipinski definition) is 2. The molecule has 1 amide bonds. The van der Waals surface area contributed by atoms with Crippen molar-refractivity contribution >= 4 is 21.6 Å². The van der Waals surface area contributed by atoms with E-state index in [0.717, 1.165) is 11.1 Å². The van der Waals surface area contributed by atoms with Crippen LogP contribution in [-0.2, 0) is 10.0 Å². The Balaban J connectivity index is 1.76. The van der Waals surface area contributed by atoms with Gasteiger partial charge in [0.15, 0.2) is 0 Å². The maximum Gasteiger partial charge on any atom is 0.262 e. The number of anilines is 1. The molecule has 5 nitrogen and oxygen atoms in total. The second-order valence-corrected chi connectivity index (χ2v) is 9.13. The summed E-state index contributed by atoms with van der Waals surface area (Å²) in [6.07, 6.45) is 0. The van der Waals surface area contributed by atoms with Crippen molar-refractivity contribution in [1.82, 2.24) is 5.32 Å². The fourth-order valence-electron chi connectivity index (χ4n) is 3.20. The molecule has 6 heteroatoms. The van der Waals surface area contributed by atoms with Gasteiger partial charge in [-0.05, 0) is 60.7 Å². The molecule has 0 fully saturated rings. The minimum atomic E-state index is -3.82. The first-order valence-corrected chi connectivity index (χ1v) is 11.3. The lowest BCUT2D eigenvalue weighted by molar-refractivity contribution is 0.0951. The molecular weight excluding hydrogens is 396 g/mol. The van der Waals surface area contributed by atoms with Gasteiger partial charge in [-0.1, -0.05) is 55.5 Å². The summed E-state index contributed by atoms with van der Waals surface area (Å²) in [4.78, 5) is 12.7. The molecule has 0 aliphatic heterocycles. The van der Waals surface area contributed by atoms with Crippen LogP contribution in [0.25, 0.3) is 0 Å². The number of aryl methyl sites for hydroxylation is 2. The van der Waals surface area contributed by atoms with Crippen LogP contribution in [0.5, 0.6) is 0 Å². The molecule has 3 aromatic rings. The van der Waals surface area contributed by atoms with Gasteiger partial charge in [-0.3, -0.25) is 9.52 Å². The molecule has 0 aliphatic carbocycles. The summed E-state index contributed by atoms with van der Waals surface area (Å²) in [5.41, 5.74) is 3.45. The van der Waals surface area contributed by atoms with Crippen LogP contribution < -0.4 is 10.0 Å². The second kappa shape index (κ2) is 9.13. The van der Waals surface area contributed by atoms with E-state index in [1.807, 2.05) is 50.2 Å². The van der Waals surface area contributed by atoms with Crippen molar-refractivity contribution in [1.29, 1.82) is 0 Å². The van der Waals surface area contributed by atoms with Crippen LogP contribution >= 0.6 is 0 Å². The van der Waals surface area contributed by atoms with Gasteiger partial charge in [0, 0.05) is 17.8 Å². The van der Waals surface area contributed by atoms with Crippen LogP contribution in [0, 0.1) is 13.8 Å². The van der Waals surface area contributed by atoms with Gasteiger partial charge >= 0.3 is 0 Å². The van der Waals surface area contributed by atoms with Crippen molar-refractivity contribution in [2.24, 2.45) is 0 Å². The molecule has 0 bridgehead atoms. The minimum Gasteiger partial charge on any atom is -0.351 e. The normalized spacial score (nSPS) is 12.2. The molecule has 3 aromatic carbocycles. The molecule has 0 saturated carbocycles. The van der Waals surface area contributed by atoms with Crippen LogP contribution in [0.1, 0.15) is 39.9 Å². The van der Waals surface area contributed by atoms with Crippen LogP contribution in [0.15, 0.2) is 77.7 Å². The summed E-state index contributed by atoms with van der Waals surface area (Å²) in [5, 5.41) is 2.90. The van der Waals surface area contributed by atoms with Crippen molar-refractivity contribution in [3.8, 4) is 0 Å². The zero-order valence-electron chi connectivity index (χ0n) is 17.3. The molecule has 0 heterocycles. The third kappa shape index (κ3) is 5.27. The van der Waals surface area contributed by atoms with E-state index in [9.17, 15) is 13.2 Å². The van der Waals surface area contributed by atoms with Gasteiger partial charge in [0.2, 0.25) is 0 Å². The Morgan fingerprint density at radius 3 is 2.37 bits per heavy atom. The van der Waals surface area contributed by atoms with E-state index < -0.39 is 10.0 Å². The molecule has 0 radical (unpaired) electrons. The van der Waals surface area contributed by atoms with E-state index in [-0.39, 0.29) is 16.7 Å². The zero-order valence-corrected chi connectivity index (χ0v) is 18.2. The fraction of sp³-hybridized carbons (Fsp3) is 0.208. The van der Waals surface area contributed by atoms with Gasteiger partial charge < -0.3 is 5.32 Å². The van der Waals surface area contributed by atoms with Gasteiger partial charge in [0.1, 0.15) is 0 Å². The maximum absolute atomic E-state index is 12.9. The lowest BCUT2D eigenvalue weighted by Crippen LogP contribution is -2.28. The third-order valence-corrected chi connectivity index (χ3v) is 6.47. The summed E-state index contributed by atoms with van der Waals surface area (Å²) in [6, 6.07) is 21.8. The summed E-state index contributed by atoms with van der Waals surface area (Å²) >= 11 is 0. The first-order chi connectivity index (χ1) is 14.3. The van der Waals surface area contributed by atoms with Gasteiger partial charge in [0.05, 0.1) is 4.90 Å². The number of nitrogens with one attached hydrogen (secondary N) is 2. The van der Waals surface area contributed by atoms with Gasteiger partial charge in [-0.25, -0.2) is 8.42 Å². The lowest BCUT2D eigenvalue weighted by Gasteiger charge is -2.15. The summed E-state index contributed by atoms with van der Waals surface area (Å²) in [6.45, 7) is 6.10. The molecule has 30 heavy (non-hydrogen) atoms. The first-order valence-electron chi connectivity index (χ1n) is 9.79. The van der Waals surface area contributed by atoms with E-state index in [0.29, 0.717) is 23.4 Å². The highest BCUT2D eigenvalue weighted by molar-refractivity contribution is 7.92. The van der Waals surface area contributed by atoms with Crippen LogP contribution in [-0.4, -0.2) is 20.9 Å². The quantitative estimate of drug-likeness (QED) is 0.583. The van der Waals surface area contributed by atoms with Crippen molar-refractivity contribution in [2.45, 2.75) is 31.6 Å². The lowest BCUT2D eigenvalue weighted by atomic mass is 10.0. The second-order valence-electron chi connectivity index (χ2n) is 7.48. The van der Waals surface area contributed by atoms with E-state index in [1.165, 1.54) is 6.07 Å². The average Bonchev–Trinajstić information content (AvgIpc) is 2.72. The highest BCUT2D eigenvalue weighted by atomic mass is 32.2. The number of benzene rings is 3. The van der Waals surface area contributed by atoms with Crippen molar-refractivity contribution in [2.75, 3.05) is 11.3 Å². The van der Waals surface area contributed by atoms with Gasteiger partial charge in [0.25, 0.3) is 15.9 Å². The highest BCUT2D eigenvalue weighted by Gasteiger charge is 2.20. The molecule has 0 spiro atoms. The monoisotopic (exact) mass is 422 g/mol. The van der Waals surface area contributed by atoms with Gasteiger partial charge in [-0.15, -0.1) is 0 Å². The molecular formula is C24H26N2O3S. The topological polar surface area (TPSA) is 75.3 Å². The van der Waals surface area contributed by atoms with Crippen LogP contribution in [0.2, 0.25) is 0 Å². The van der Waals surface area contributed by atoms with E-state index in [4.69, 9.17) is 0 Å². The molecule has 1 atom stereocenters. The Kier molecular flexibility index (Phi) is 6.57. The predicted molar refractivity (Wildman–Crippen MR) is 120 cm³/mol. The summed E-state index contributed by atoms with van der Waals surface area (Å²) in [5.74, 6) is -0.156. The Hall–Kier alpha value is -3.12. The van der Waals surface area contributed by atoms with E-state index in [1.54, 1.807) is 37.3 Å². The fourth-order valence-corrected chi connectivity index (χ4v) is 4.52. The predicted octanol–water partition coefficient (Wildman–Crippen LogP) is 4.64. The smallest absolute Gasteiger partial charge is 0.262 e. The number of carbonyl (C=O) groups is 1. The average molecular weight is 423 g/mol. The highest BCUT2D eigenvalue weighted by Crippen LogP contribution is 2.22. The van der Waals surface area contributed by atoms with E-state index >= 15 is 0 Å². The SMILES string of the molecule is Cc1cccc(NS(=O)(=O)c2cc(C(=O)NC[C@@H](C)c3ccccc3)ccc2C)c1. The van der Waals surface area contributed by atoms with Crippen LogP contribution in [0.4, 0.5) is 5.69 Å². The zero-order chi connectivity index (χ0) is 21.7. The minimum absolute atomic E-state index is 0.0905. The van der Waals surface area contributed by atoms with Crippen molar-refractivity contribution in [3.63, 3.8) is 0 Å². The Labute approximate surface area is 178 Å². The maximum atomic E-state index is 12.9. The summed E-state index contributed by atoms with van der Waals surface area (Å²) in [7, 11) is -3.82. The number of hydrogen-bond acceptors (Lipinski definition) is 3. The molecule has 0 unspecified atom stereocenters. The number of rotatable bonds is 7. The molecule has 0 aromatic heterocycles. The molecule has 0 aliphatic rings. The number of amides is 1. The first kappa shape index (κ1) is 21.6. The van der Waals surface area contributed by atoms with Crippen molar-refractivity contribution < 1.29 is 13.2 Å². The molecule has 156 valence electrons. The number of carbonyl (C=O) groups excluding carboxylic acids is 1. The Bertz CT molecular complexity index is 1140. The van der Waals surface area contributed by atoms with Crippen molar-refractivity contribution in [3.05, 3.63) is 95.1 Å². The van der Waals surface area contributed by atoms with E-state index in [2.05, 4.69) is 10.0 Å². The summed E-state index contributed by atoms with van der Waals surface area (Å²) < 4.78 is 28.4. The molecule has 2 N–H and O–H groups in total. The Morgan fingerprint density at radius 1 is 0.933 bits per heavy atom. The van der Waals surface area contributed by atoms with Gasteiger partial charge in [-0.2, -0.15) is 0 Å².